The monoisotopic (exact) mass is 477 g/mol. The van der Waals surface area contributed by atoms with Crippen molar-refractivity contribution in [1.82, 2.24) is 20.1 Å². The highest BCUT2D eigenvalue weighted by Gasteiger charge is 2.33. The van der Waals surface area contributed by atoms with E-state index in [-0.39, 0.29) is 17.7 Å². The minimum atomic E-state index is -0.726. The topological polar surface area (TPSA) is 88.9 Å². The molecule has 1 unspecified atom stereocenters. The maximum atomic E-state index is 15.1. The molecule has 0 saturated heterocycles. The van der Waals surface area contributed by atoms with E-state index in [9.17, 15) is 9.59 Å². The van der Waals surface area contributed by atoms with Gasteiger partial charge in [0.15, 0.2) is 0 Å². The van der Waals surface area contributed by atoms with Crippen molar-refractivity contribution in [3.63, 3.8) is 0 Å². The number of nitrogens with one attached hydrogen (secondary N) is 2. The molecule has 1 aliphatic rings. The summed E-state index contributed by atoms with van der Waals surface area (Å²) in [6.07, 6.45) is 6.94. The van der Waals surface area contributed by atoms with Gasteiger partial charge in [0.25, 0.3) is 5.91 Å². The number of nitrogens with zero attached hydrogens (tertiary/aromatic N) is 3. The number of amides is 2. The molecular weight excluding hydrogens is 445 g/mol. The minimum absolute atomic E-state index is 0.00758. The zero-order chi connectivity index (χ0) is 25.1. The molecule has 2 N–H and O–H groups in total. The smallest absolute Gasteiger partial charge is 0.270 e. The average molecular weight is 478 g/mol. The number of rotatable bonds is 6. The van der Waals surface area contributed by atoms with Gasteiger partial charge < -0.3 is 10.6 Å². The van der Waals surface area contributed by atoms with Crippen LogP contribution >= 0.6 is 0 Å². The molecule has 1 atom stereocenters. The van der Waals surface area contributed by atoms with Crippen LogP contribution in [-0.4, -0.2) is 32.6 Å². The molecule has 3 aromatic rings. The Balaban J connectivity index is 1.56. The lowest BCUT2D eigenvalue weighted by molar-refractivity contribution is -0.119. The zero-order valence-electron chi connectivity index (χ0n) is 20.6. The molecule has 0 aliphatic heterocycles. The van der Waals surface area contributed by atoms with Crippen molar-refractivity contribution in [2.45, 2.75) is 52.5 Å². The Bertz CT molecular complexity index is 1210. The second-order valence-electron chi connectivity index (χ2n) is 9.58. The summed E-state index contributed by atoms with van der Waals surface area (Å²) in [7, 11) is 1.68. The maximum Gasteiger partial charge on any atom is 0.270 e. The highest BCUT2D eigenvalue weighted by atomic mass is 19.1. The highest BCUT2D eigenvalue weighted by molar-refractivity contribution is 6.00. The van der Waals surface area contributed by atoms with Gasteiger partial charge in [0, 0.05) is 41.9 Å². The number of aryl methyl sites for hydroxylation is 3. The van der Waals surface area contributed by atoms with Gasteiger partial charge in [0.2, 0.25) is 5.91 Å². The number of carbonyl (C=O) groups excluding carboxylic acids is 2. The van der Waals surface area contributed by atoms with Crippen LogP contribution in [0.15, 0.2) is 42.7 Å². The van der Waals surface area contributed by atoms with Crippen molar-refractivity contribution in [3.8, 4) is 11.1 Å². The maximum absolute atomic E-state index is 15.1. The Morgan fingerprint density at radius 1 is 1.09 bits per heavy atom. The summed E-state index contributed by atoms with van der Waals surface area (Å²) < 4.78 is 16.6. The fraction of sp³-hybridized carbons (Fsp3) is 0.407. The minimum Gasteiger partial charge on any atom is -0.339 e. The van der Waals surface area contributed by atoms with Crippen molar-refractivity contribution in [3.05, 3.63) is 65.5 Å². The number of hydrogen-bond donors (Lipinski definition) is 2. The quantitative estimate of drug-likeness (QED) is 0.534. The van der Waals surface area contributed by atoms with E-state index in [4.69, 9.17) is 0 Å². The van der Waals surface area contributed by atoms with Gasteiger partial charge in [-0.1, -0.05) is 19.8 Å². The average Bonchev–Trinajstić information content (AvgIpc) is 3.25. The number of pyridine rings is 1. The Kier molecular flexibility index (Phi) is 7.28. The number of anilines is 1. The standard InChI is InChI=1S/C27H32FN5O2/c1-16-5-7-19(8-6-16)25(32-26(34)23-12-14-30-33(23)4)27(35)31-20-9-10-21(22(28)15-20)24-17(2)11-13-29-18(24)3/h9-16,19,25H,5-8H2,1-4H3,(H,31,35)(H,32,34). The van der Waals surface area contributed by atoms with Crippen molar-refractivity contribution >= 4 is 17.5 Å². The lowest BCUT2D eigenvalue weighted by atomic mass is 9.79. The summed E-state index contributed by atoms with van der Waals surface area (Å²) in [5.41, 5.74) is 3.58. The van der Waals surface area contributed by atoms with Crippen LogP contribution in [0, 0.1) is 31.5 Å². The molecule has 0 radical (unpaired) electrons. The second kappa shape index (κ2) is 10.4. The number of carbonyl (C=O) groups is 2. The van der Waals surface area contributed by atoms with Crippen LogP contribution in [0.1, 0.15) is 54.4 Å². The van der Waals surface area contributed by atoms with Crippen LogP contribution < -0.4 is 10.6 Å². The number of halogens is 1. The van der Waals surface area contributed by atoms with Crippen molar-refractivity contribution in [1.29, 1.82) is 0 Å². The summed E-state index contributed by atoms with van der Waals surface area (Å²) in [6.45, 7) is 5.97. The van der Waals surface area contributed by atoms with Gasteiger partial charge >= 0.3 is 0 Å². The molecule has 7 nitrogen and oxygen atoms in total. The zero-order valence-corrected chi connectivity index (χ0v) is 20.6. The fourth-order valence-corrected chi connectivity index (χ4v) is 4.95. The lowest BCUT2D eigenvalue weighted by Crippen LogP contribution is -2.49. The van der Waals surface area contributed by atoms with Gasteiger partial charge in [0.05, 0.1) is 0 Å². The first-order valence-corrected chi connectivity index (χ1v) is 12.1. The Hall–Kier alpha value is -3.55. The second-order valence-corrected chi connectivity index (χ2v) is 9.58. The molecule has 2 aromatic heterocycles. The molecule has 0 spiro atoms. The Labute approximate surface area is 205 Å². The summed E-state index contributed by atoms with van der Waals surface area (Å²) in [5, 5.41) is 9.79. The molecule has 1 saturated carbocycles. The van der Waals surface area contributed by atoms with Crippen LogP contribution in [-0.2, 0) is 11.8 Å². The van der Waals surface area contributed by atoms with E-state index in [1.54, 1.807) is 37.6 Å². The lowest BCUT2D eigenvalue weighted by Gasteiger charge is -2.32. The van der Waals surface area contributed by atoms with Crippen molar-refractivity contribution in [2.75, 3.05) is 5.32 Å². The van der Waals surface area contributed by atoms with Crippen LogP contribution in [0.2, 0.25) is 0 Å². The largest absolute Gasteiger partial charge is 0.339 e. The van der Waals surface area contributed by atoms with E-state index in [0.29, 0.717) is 22.9 Å². The highest BCUT2D eigenvalue weighted by Crippen LogP contribution is 2.32. The third-order valence-corrected chi connectivity index (χ3v) is 7.01. The number of aromatic nitrogens is 3. The van der Waals surface area contributed by atoms with Gasteiger partial charge in [-0.25, -0.2) is 4.39 Å². The summed E-state index contributed by atoms with van der Waals surface area (Å²) in [5.74, 6) is -0.533. The summed E-state index contributed by atoms with van der Waals surface area (Å²) in [4.78, 5) is 30.6. The van der Waals surface area contributed by atoms with Gasteiger partial charge in [-0.2, -0.15) is 5.10 Å². The van der Waals surface area contributed by atoms with Gasteiger partial charge in [-0.15, -0.1) is 0 Å². The van der Waals surface area contributed by atoms with Crippen LogP contribution in [0.25, 0.3) is 11.1 Å². The molecule has 1 aliphatic carbocycles. The molecule has 35 heavy (non-hydrogen) atoms. The molecule has 8 heteroatoms. The molecule has 184 valence electrons. The van der Waals surface area contributed by atoms with E-state index in [1.807, 2.05) is 19.9 Å². The SMILES string of the molecule is Cc1ccnc(C)c1-c1ccc(NC(=O)C(NC(=O)c2ccnn2C)C2CCC(C)CC2)cc1F. The van der Waals surface area contributed by atoms with E-state index >= 15 is 4.39 Å². The van der Waals surface area contributed by atoms with E-state index in [0.717, 1.165) is 42.5 Å². The van der Waals surface area contributed by atoms with E-state index in [2.05, 4.69) is 27.6 Å². The van der Waals surface area contributed by atoms with Crippen LogP contribution in [0.4, 0.5) is 10.1 Å². The molecule has 0 bridgehead atoms. The Morgan fingerprint density at radius 2 is 1.83 bits per heavy atom. The van der Waals surface area contributed by atoms with Crippen molar-refractivity contribution < 1.29 is 14.0 Å². The fourth-order valence-electron chi connectivity index (χ4n) is 4.95. The molecular formula is C27H32FN5O2. The van der Waals surface area contributed by atoms with Crippen LogP contribution in [0.5, 0.6) is 0 Å². The first kappa shape index (κ1) is 24.6. The van der Waals surface area contributed by atoms with Crippen LogP contribution in [0.3, 0.4) is 0 Å². The molecule has 1 fully saturated rings. The molecule has 1 aromatic carbocycles. The predicted octanol–water partition coefficient (Wildman–Crippen LogP) is 4.80. The van der Waals surface area contributed by atoms with Gasteiger partial charge in [0.1, 0.15) is 17.6 Å². The van der Waals surface area contributed by atoms with Crippen molar-refractivity contribution in [2.24, 2.45) is 18.9 Å². The third-order valence-electron chi connectivity index (χ3n) is 7.01. The predicted molar refractivity (Wildman–Crippen MR) is 133 cm³/mol. The molecule has 2 amide bonds. The van der Waals surface area contributed by atoms with Gasteiger partial charge in [-0.05, 0) is 74.4 Å². The molecule has 4 rings (SSSR count). The van der Waals surface area contributed by atoms with E-state index in [1.165, 1.54) is 10.7 Å². The number of hydrogen-bond acceptors (Lipinski definition) is 4. The summed E-state index contributed by atoms with van der Waals surface area (Å²) in [6, 6.07) is 7.40. The normalized spacial score (nSPS) is 18.7. The van der Waals surface area contributed by atoms with E-state index < -0.39 is 11.9 Å². The first-order valence-electron chi connectivity index (χ1n) is 12.1. The first-order chi connectivity index (χ1) is 16.7. The Morgan fingerprint density at radius 3 is 2.46 bits per heavy atom. The van der Waals surface area contributed by atoms with Gasteiger partial charge in [-0.3, -0.25) is 19.3 Å². The summed E-state index contributed by atoms with van der Waals surface area (Å²) >= 11 is 0. The molecule has 2 heterocycles. The number of benzene rings is 1. The third kappa shape index (κ3) is 5.42.